The first-order valence-corrected chi connectivity index (χ1v) is 10.8. The third-order valence-electron chi connectivity index (χ3n) is 7.52. The highest BCUT2D eigenvalue weighted by molar-refractivity contribution is 4.99. The molecule has 0 aromatic rings. The second kappa shape index (κ2) is 8.54. The van der Waals surface area contributed by atoms with Crippen molar-refractivity contribution in [3.8, 4) is 6.07 Å². The van der Waals surface area contributed by atoms with Crippen LogP contribution in [0.4, 0.5) is 4.39 Å². The van der Waals surface area contributed by atoms with E-state index in [1.54, 1.807) is 0 Å². The SMILES string of the molecule is N#CC1CCC(C2CC(C[C@@H]3CNCCO3)CCC2N2CCC2)CC1F. The van der Waals surface area contributed by atoms with Crippen LogP contribution in [0.5, 0.6) is 0 Å². The van der Waals surface area contributed by atoms with E-state index in [9.17, 15) is 4.39 Å². The average molecular weight is 364 g/mol. The summed E-state index contributed by atoms with van der Waals surface area (Å²) in [6.45, 7) is 5.25. The Morgan fingerprint density at radius 1 is 1.15 bits per heavy atom. The molecular formula is C21H34FN3O. The number of hydrogen-bond acceptors (Lipinski definition) is 4. The van der Waals surface area contributed by atoms with E-state index < -0.39 is 6.17 Å². The van der Waals surface area contributed by atoms with E-state index in [0.717, 1.165) is 39.0 Å². The molecule has 4 nitrogen and oxygen atoms in total. The number of alkyl halides is 1. The van der Waals surface area contributed by atoms with Gasteiger partial charge >= 0.3 is 0 Å². The fourth-order valence-electron chi connectivity index (χ4n) is 5.95. The zero-order valence-electron chi connectivity index (χ0n) is 15.9. The minimum absolute atomic E-state index is 0.359. The second-order valence-electron chi connectivity index (χ2n) is 9.06. The number of ether oxygens (including phenoxy) is 1. The largest absolute Gasteiger partial charge is 0.376 e. The van der Waals surface area contributed by atoms with E-state index in [4.69, 9.17) is 10.00 Å². The van der Waals surface area contributed by atoms with Gasteiger partial charge in [-0.15, -0.1) is 0 Å². The molecule has 1 N–H and O–H groups in total. The lowest BCUT2D eigenvalue weighted by Gasteiger charge is -2.50. The Balaban J connectivity index is 1.40. The lowest BCUT2D eigenvalue weighted by molar-refractivity contribution is -0.0289. The van der Waals surface area contributed by atoms with Crippen LogP contribution >= 0.6 is 0 Å². The molecule has 6 unspecified atom stereocenters. The van der Waals surface area contributed by atoms with Crippen molar-refractivity contribution in [2.45, 2.75) is 69.7 Å². The molecule has 4 rings (SSSR count). The molecule has 0 aromatic heterocycles. The van der Waals surface area contributed by atoms with Crippen molar-refractivity contribution in [2.75, 3.05) is 32.8 Å². The van der Waals surface area contributed by atoms with Gasteiger partial charge in [0.25, 0.3) is 0 Å². The van der Waals surface area contributed by atoms with Gasteiger partial charge in [0.15, 0.2) is 0 Å². The van der Waals surface area contributed by atoms with Crippen molar-refractivity contribution >= 4 is 0 Å². The quantitative estimate of drug-likeness (QED) is 0.834. The summed E-state index contributed by atoms with van der Waals surface area (Å²) in [4.78, 5) is 2.66. The van der Waals surface area contributed by atoms with Gasteiger partial charge in [0.2, 0.25) is 0 Å². The molecule has 4 fully saturated rings. The van der Waals surface area contributed by atoms with Gasteiger partial charge in [-0.2, -0.15) is 5.26 Å². The standard InChI is InChI=1S/C21H34FN3O/c22-20-12-16(3-4-17(20)13-23)19-11-15(10-18-14-24-6-9-26-18)2-5-21(19)25-7-1-8-25/h15-21,24H,1-12,14H2/t15?,16?,17?,18-,19?,20?,21?/m1/s1. The summed E-state index contributed by atoms with van der Waals surface area (Å²) in [5.41, 5.74) is 0. The number of likely N-dealkylation sites (tertiary alicyclic amines) is 1. The fraction of sp³-hybridized carbons (Fsp3) is 0.952. The Bertz CT molecular complexity index is 500. The predicted molar refractivity (Wildman–Crippen MR) is 99.4 cm³/mol. The lowest BCUT2D eigenvalue weighted by atomic mass is 9.65. The summed E-state index contributed by atoms with van der Waals surface area (Å²) in [6.07, 6.45) is 8.13. The van der Waals surface area contributed by atoms with Gasteiger partial charge in [-0.3, -0.25) is 0 Å². The number of nitriles is 1. The number of nitrogens with zero attached hydrogens (tertiary/aromatic N) is 2. The molecular weight excluding hydrogens is 329 g/mol. The maximum atomic E-state index is 14.5. The Hall–Kier alpha value is -0.700. The molecule has 146 valence electrons. The molecule has 5 heteroatoms. The summed E-state index contributed by atoms with van der Waals surface area (Å²) < 4.78 is 20.4. The number of morpholine rings is 1. The first-order chi connectivity index (χ1) is 12.7. The Morgan fingerprint density at radius 3 is 2.69 bits per heavy atom. The maximum absolute atomic E-state index is 14.5. The molecule has 0 radical (unpaired) electrons. The van der Waals surface area contributed by atoms with Crippen LogP contribution in [0.2, 0.25) is 0 Å². The van der Waals surface area contributed by atoms with Crippen molar-refractivity contribution < 1.29 is 9.13 Å². The van der Waals surface area contributed by atoms with E-state index in [-0.39, 0.29) is 5.92 Å². The Morgan fingerprint density at radius 2 is 2.04 bits per heavy atom. The molecule has 2 heterocycles. The van der Waals surface area contributed by atoms with E-state index in [0.29, 0.717) is 36.3 Å². The maximum Gasteiger partial charge on any atom is 0.116 e. The lowest BCUT2D eigenvalue weighted by Crippen LogP contribution is -2.53. The molecule has 2 aliphatic carbocycles. The van der Waals surface area contributed by atoms with Crippen LogP contribution in [0, 0.1) is 35.0 Å². The first-order valence-electron chi connectivity index (χ1n) is 10.8. The first kappa shape index (κ1) is 18.7. The molecule has 0 aromatic carbocycles. The highest BCUT2D eigenvalue weighted by atomic mass is 19.1. The van der Waals surface area contributed by atoms with Gasteiger partial charge in [-0.25, -0.2) is 4.39 Å². The van der Waals surface area contributed by atoms with Gasteiger partial charge in [-0.05, 0) is 82.2 Å². The summed E-state index contributed by atoms with van der Waals surface area (Å²) >= 11 is 0. The van der Waals surface area contributed by atoms with E-state index in [1.165, 1.54) is 38.8 Å². The summed E-state index contributed by atoms with van der Waals surface area (Å²) in [5, 5.41) is 12.6. The molecule has 26 heavy (non-hydrogen) atoms. The third kappa shape index (κ3) is 4.08. The van der Waals surface area contributed by atoms with Crippen molar-refractivity contribution in [1.82, 2.24) is 10.2 Å². The van der Waals surface area contributed by atoms with Crippen LogP contribution < -0.4 is 5.32 Å². The van der Waals surface area contributed by atoms with E-state index in [1.807, 2.05) is 0 Å². The van der Waals surface area contributed by atoms with Crippen molar-refractivity contribution in [3.05, 3.63) is 0 Å². The monoisotopic (exact) mass is 363 g/mol. The Kier molecular flexibility index (Phi) is 6.13. The van der Waals surface area contributed by atoms with E-state index in [2.05, 4.69) is 16.3 Å². The molecule has 0 amide bonds. The number of rotatable bonds is 4. The van der Waals surface area contributed by atoms with Crippen LogP contribution in [0.15, 0.2) is 0 Å². The minimum atomic E-state index is -0.915. The molecule has 0 spiro atoms. The van der Waals surface area contributed by atoms with Crippen molar-refractivity contribution in [2.24, 2.45) is 23.7 Å². The normalized spacial score (nSPS) is 44.8. The molecule has 2 saturated carbocycles. The van der Waals surface area contributed by atoms with Gasteiger partial charge in [0.1, 0.15) is 6.17 Å². The molecule has 2 saturated heterocycles. The van der Waals surface area contributed by atoms with E-state index >= 15 is 0 Å². The predicted octanol–water partition coefficient (Wildman–Crippen LogP) is 3.13. The number of halogens is 1. The van der Waals surface area contributed by atoms with Crippen LogP contribution in [0.25, 0.3) is 0 Å². The van der Waals surface area contributed by atoms with Crippen LogP contribution in [-0.2, 0) is 4.74 Å². The van der Waals surface area contributed by atoms with Crippen LogP contribution in [0.3, 0.4) is 0 Å². The fourth-order valence-corrected chi connectivity index (χ4v) is 5.95. The van der Waals surface area contributed by atoms with Gasteiger partial charge < -0.3 is 15.0 Å². The molecule has 2 aliphatic heterocycles. The van der Waals surface area contributed by atoms with Gasteiger partial charge in [0, 0.05) is 19.1 Å². The smallest absolute Gasteiger partial charge is 0.116 e. The number of hydrogen-bond donors (Lipinski definition) is 1. The highest BCUT2D eigenvalue weighted by Gasteiger charge is 2.43. The third-order valence-corrected chi connectivity index (χ3v) is 7.52. The molecule has 7 atom stereocenters. The topological polar surface area (TPSA) is 48.3 Å². The van der Waals surface area contributed by atoms with Crippen LogP contribution in [-0.4, -0.2) is 56.0 Å². The van der Waals surface area contributed by atoms with Gasteiger partial charge in [-0.1, -0.05) is 0 Å². The summed E-state index contributed by atoms with van der Waals surface area (Å²) in [6, 6.07) is 2.84. The average Bonchev–Trinajstić information content (AvgIpc) is 2.62. The van der Waals surface area contributed by atoms with Crippen molar-refractivity contribution in [1.29, 1.82) is 5.26 Å². The minimum Gasteiger partial charge on any atom is -0.376 e. The van der Waals surface area contributed by atoms with Gasteiger partial charge in [0.05, 0.1) is 24.7 Å². The molecule has 4 aliphatic rings. The summed E-state index contributed by atoms with van der Waals surface area (Å²) in [5.74, 6) is 1.43. The zero-order valence-corrected chi connectivity index (χ0v) is 15.9. The number of nitrogens with one attached hydrogen (secondary N) is 1. The summed E-state index contributed by atoms with van der Waals surface area (Å²) in [7, 11) is 0. The molecule has 0 bridgehead atoms. The second-order valence-corrected chi connectivity index (χ2v) is 9.06. The van der Waals surface area contributed by atoms with Crippen molar-refractivity contribution in [3.63, 3.8) is 0 Å². The Labute approximate surface area is 157 Å². The van der Waals surface area contributed by atoms with Crippen LogP contribution in [0.1, 0.15) is 51.4 Å². The zero-order chi connectivity index (χ0) is 17.9. The highest BCUT2D eigenvalue weighted by Crippen LogP contribution is 2.46.